The maximum atomic E-state index is 13.3. The van der Waals surface area contributed by atoms with Gasteiger partial charge in [0.25, 0.3) is 0 Å². The average Bonchev–Trinajstić information content (AvgIpc) is 3.04. The number of ether oxygens (including phenoxy) is 2. The van der Waals surface area contributed by atoms with Crippen LogP contribution in [0.15, 0.2) is 36.4 Å². The van der Waals surface area contributed by atoms with Crippen molar-refractivity contribution in [3.05, 3.63) is 58.7 Å². The Morgan fingerprint density at radius 1 is 0.947 bits per heavy atom. The van der Waals surface area contributed by atoms with Crippen molar-refractivity contribution in [2.75, 3.05) is 11.9 Å². The first-order valence-corrected chi connectivity index (χ1v) is 11.2. The molecule has 2 aromatic carbocycles. The Morgan fingerprint density at radius 3 is 2.03 bits per heavy atom. The van der Waals surface area contributed by atoms with Gasteiger partial charge in [-0.15, -0.1) is 13.2 Å². The highest BCUT2D eigenvalue weighted by Gasteiger charge is 2.43. The van der Waals surface area contributed by atoms with Gasteiger partial charge < -0.3 is 14.8 Å². The van der Waals surface area contributed by atoms with E-state index in [4.69, 9.17) is 4.74 Å². The smallest absolute Gasteiger partial charge is 0.439 e. The van der Waals surface area contributed by atoms with Crippen LogP contribution in [0.1, 0.15) is 49.1 Å². The van der Waals surface area contributed by atoms with Crippen molar-refractivity contribution in [3.63, 3.8) is 0 Å². The summed E-state index contributed by atoms with van der Waals surface area (Å²) in [6.45, 7) is 5.15. The number of carbonyl (C=O) groups is 1. The molecule has 0 aromatic heterocycles. The molecule has 1 amide bonds. The van der Waals surface area contributed by atoms with E-state index in [1.54, 1.807) is 0 Å². The topological polar surface area (TPSA) is 50.8 Å². The zero-order chi connectivity index (χ0) is 28.6. The van der Waals surface area contributed by atoms with Gasteiger partial charge in [0.05, 0.1) is 23.7 Å². The molecule has 1 aliphatic heterocycles. The quantitative estimate of drug-likeness (QED) is 0.353. The molecule has 0 spiro atoms. The van der Waals surface area contributed by atoms with Crippen LogP contribution in [0.4, 0.5) is 50.0 Å². The Hall–Kier alpha value is -3.32. The molecule has 0 unspecified atom stereocenters. The predicted octanol–water partition coefficient (Wildman–Crippen LogP) is 7.77. The number of carbonyl (C=O) groups excluding carboxylic acids is 1. The van der Waals surface area contributed by atoms with Crippen LogP contribution in [0, 0.1) is 5.92 Å². The molecule has 0 aliphatic carbocycles. The Labute approximate surface area is 211 Å². The third-order valence-electron chi connectivity index (χ3n) is 5.68. The number of hydrogen-bond acceptors (Lipinski definition) is 4. The third-order valence-corrected chi connectivity index (χ3v) is 5.68. The lowest BCUT2D eigenvalue weighted by Gasteiger charge is -2.24. The summed E-state index contributed by atoms with van der Waals surface area (Å²) < 4.78 is 127. The standard InChI is InChI=1S/C24H23F9N2O3/c1-12(2)10-34-19-5-4-18(38-24(31,32)33)8-15(19)11-35-13(3)20(37-21(35)36)14-6-16(22(25,26)27)9-17(7-14)23(28,29)30/h4-9,12-13,20,34H,10-11H2,1-3H3/t13-,20-/m0/s1. The van der Waals surface area contributed by atoms with E-state index in [0.29, 0.717) is 24.4 Å². The lowest BCUT2D eigenvalue weighted by atomic mass is 9.97. The minimum absolute atomic E-state index is 0.0402. The van der Waals surface area contributed by atoms with Crippen LogP contribution in [0.2, 0.25) is 0 Å². The number of amides is 1. The first-order chi connectivity index (χ1) is 17.3. The van der Waals surface area contributed by atoms with Gasteiger partial charge in [0.1, 0.15) is 11.9 Å². The van der Waals surface area contributed by atoms with E-state index in [2.05, 4.69) is 10.1 Å². The summed E-state index contributed by atoms with van der Waals surface area (Å²) in [5.74, 6) is -0.440. The number of nitrogens with one attached hydrogen (secondary N) is 1. The van der Waals surface area contributed by atoms with Crippen molar-refractivity contribution in [1.29, 1.82) is 0 Å². The first-order valence-electron chi connectivity index (χ1n) is 11.2. The van der Waals surface area contributed by atoms with Gasteiger partial charge in [0, 0.05) is 12.2 Å². The number of hydrogen-bond donors (Lipinski definition) is 1. The Bertz CT molecular complexity index is 1130. The molecule has 1 aliphatic rings. The number of alkyl halides is 9. The SMILES string of the molecule is CC(C)CNc1ccc(OC(F)(F)F)cc1CN1C(=O)O[C@H](c2cc(C(F)(F)F)cc(C(F)(F)F)c2)[C@@H]1C. The fourth-order valence-corrected chi connectivity index (χ4v) is 3.87. The first kappa shape index (κ1) is 29.2. The van der Waals surface area contributed by atoms with Crippen molar-refractivity contribution in [1.82, 2.24) is 4.90 Å². The summed E-state index contributed by atoms with van der Waals surface area (Å²) >= 11 is 0. The van der Waals surface area contributed by atoms with Crippen LogP contribution >= 0.6 is 0 Å². The highest BCUT2D eigenvalue weighted by molar-refractivity contribution is 5.72. The number of anilines is 1. The van der Waals surface area contributed by atoms with E-state index in [1.165, 1.54) is 13.0 Å². The molecule has 14 heteroatoms. The highest BCUT2D eigenvalue weighted by atomic mass is 19.4. The molecule has 2 aromatic rings. The molecule has 1 saturated heterocycles. The molecule has 0 radical (unpaired) electrons. The monoisotopic (exact) mass is 558 g/mol. The van der Waals surface area contributed by atoms with Crippen LogP contribution < -0.4 is 10.1 Å². The van der Waals surface area contributed by atoms with Crippen LogP contribution in [0.5, 0.6) is 5.75 Å². The molecule has 210 valence electrons. The minimum atomic E-state index is -5.10. The second-order valence-electron chi connectivity index (χ2n) is 9.15. The van der Waals surface area contributed by atoms with E-state index in [0.717, 1.165) is 17.0 Å². The molecule has 3 rings (SSSR count). The Morgan fingerprint density at radius 2 is 1.53 bits per heavy atom. The van der Waals surface area contributed by atoms with Crippen molar-refractivity contribution in [2.24, 2.45) is 5.92 Å². The number of nitrogens with zero attached hydrogens (tertiary/aromatic N) is 1. The molecule has 1 N–H and O–H groups in total. The predicted molar refractivity (Wildman–Crippen MR) is 117 cm³/mol. The molecule has 5 nitrogen and oxygen atoms in total. The Kier molecular flexibility index (Phi) is 8.04. The van der Waals surface area contributed by atoms with Crippen LogP contribution in [-0.4, -0.2) is 29.9 Å². The zero-order valence-electron chi connectivity index (χ0n) is 20.2. The van der Waals surface area contributed by atoms with Gasteiger partial charge in [-0.25, -0.2) is 4.79 Å². The van der Waals surface area contributed by atoms with E-state index in [9.17, 15) is 44.3 Å². The van der Waals surface area contributed by atoms with Crippen LogP contribution in [0.25, 0.3) is 0 Å². The fraction of sp³-hybridized carbons (Fsp3) is 0.458. The number of cyclic esters (lactones) is 1. The molecular weight excluding hydrogens is 535 g/mol. The summed E-state index contributed by atoms with van der Waals surface area (Å²) in [4.78, 5) is 13.7. The molecule has 1 fully saturated rings. The Balaban J connectivity index is 1.96. The summed E-state index contributed by atoms with van der Waals surface area (Å²) in [5, 5.41) is 3.03. The maximum Gasteiger partial charge on any atom is 0.573 e. The van der Waals surface area contributed by atoms with Gasteiger partial charge in [-0.3, -0.25) is 4.90 Å². The lowest BCUT2D eigenvalue weighted by Crippen LogP contribution is -2.32. The molecule has 38 heavy (non-hydrogen) atoms. The van der Waals surface area contributed by atoms with Gasteiger partial charge in [-0.05, 0) is 60.4 Å². The fourth-order valence-electron chi connectivity index (χ4n) is 3.87. The molecule has 0 saturated carbocycles. The second kappa shape index (κ2) is 10.4. The summed E-state index contributed by atoms with van der Waals surface area (Å²) in [6, 6.07) is 3.25. The van der Waals surface area contributed by atoms with Crippen molar-refractivity contribution in [3.8, 4) is 5.75 Å². The van der Waals surface area contributed by atoms with Crippen molar-refractivity contribution < 1.29 is 53.8 Å². The van der Waals surface area contributed by atoms with Crippen molar-refractivity contribution >= 4 is 11.8 Å². The van der Waals surface area contributed by atoms with Gasteiger partial charge in [0.15, 0.2) is 0 Å². The normalized spacial score (nSPS) is 18.7. The van der Waals surface area contributed by atoms with E-state index in [-0.39, 0.29) is 24.1 Å². The average molecular weight is 558 g/mol. The number of halogens is 9. The van der Waals surface area contributed by atoms with E-state index in [1.807, 2.05) is 13.8 Å². The third kappa shape index (κ3) is 7.16. The second-order valence-corrected chi connectivity index (χ2v) is 9.15. The molecule has 1 heterocycles. The summed E-state index contributed by atoms with van der Waals surface area (Å²) in [7, 11) is 0. The van der Waals surface area contributed by atoms with Gasteiger partial charge >= 0.3 is 24.8 Å². The molecule has 0 bridgehead atoms. The van der Waals surface area contributed by atoms with Crippen molar-refractivity contribution in [2.45, 2.75) is 58.2 Å². The highest BCUT2D eigenvalue weighted by Crippen LogP contribution is 2.41. The minimum Gasteiger partial charge on any atom is -0.439 e. The summed E-state index contributed by atoms with van der Waals surface area (Å²) in [5.41, 5.74) is -3.14. The number of benzene rings is 2. The molecular formula is C24H23F9N2O3. The maximum absolute atomic E-state index is 13.3. The summed E-state index contributed by atoms with van der Waals surface area (Å²) in [6.07, 6.45) is -17.8. The van der Waals surface area contributed by atoms with Gasteiger partial charge in [0.2, 0.25) is 0 Å². The largest absolute Gasteiger partial charge is 0.573 e. The van der Waals surface area contributed by atoms with Gasteiger partial charge in [-0.2, -0.15) is 26.3 Å². The number of rotatable bonds is 7. The van der Waals surface area contributed by atoms with E-state index >= 15 is 0 Å². The molecule has 2 atom stereocenters. The van der Waals surface area contributed by atoms with Crippen LogP contribution in [-0.2, 0) is 23.6 Å². The zero-order valence-corrected chi connectivity index (χ0v) is 20.2. The lowest BCUT2D eigenvalue weighted by molar-refractivity contribution is -0.274. The van der Waals surface area contributed by atoms with Crippen LogP contribution in [0.3, 0.4) is 0 Å². The van der Waals surface area contributed by atoms with E-state index < -0.39 is 59.4 Å². The van der Waals surface area contributed by atoms with Gasteiger partial charge in [-0.1, -0.05) is 13.8 Å².